The molecular formula is C25H30N4O. The van der Waals surface area contributed by atoms with Gasteiger partial charge in [-0.1, -0.05) is 44.2 Å². The number of hydrogen-bond donors (Lipinski definition) is 1. The normalized spacial score (nSPS) is 18.0. The topological polar surface area (TPSA) is 50.2 Å². The van der Waals surface area contributed by atoms with Crippen molar-refractivity contribution in [2.75, 3.05) is 19.6 Å². The average Bonchev–Trinajstić information content (AvgIpc) is 3.36. The fraction of sp³-hybridized carbons (Fsp3) is 0.440. The number of imidazole rings is 1. The Labute approximate surface area is 178 Å². The van der Waals surface area contributed by atoms with Crippen molar-refractivity contribution >= 4 is 16.9 Å². The molecule has 2 aromatic carbocycles. The van der Waals surface area contributed by atoms with Gasteiger partial charge in [0, 0.05) is 24.7 Å². The summed E-state index contributed by atoms with van der Waals surface area (Å²) in [7, 11) is 0. The van der Waals surface area contributed by atoms with Crippen molar-refractivity contribution in [3.63, 3.8) is 0 Å². The van der Waals surface area contributed by atoms with Crippen molar-refractivity contribution in [2.24, 2.45) is 5.92 Å². The van der Waals surface area contributed by atoms with Crippen LogP contribution in [-0.2, 0) is 6.54 Å². The molecule has 3 aromatic rings. The summed E-state index contributed by atoms with van der Waals surface area (Å²) in [6, 6.07) is 15.3. The number of nitrogens with one attached hydrogen (secondary N) is 1. The van der Waals surface area contributed by atoms with Gasteiger partial charge >= 0.3 is 0 Å². The van der Waals surface area contributed by atoms with Crippen molar-refractivity contribution in [3.05, 3.63) is 53.6 Å². The fourth-order valence-electron chi connectivity index (χ4n) is 5.03. The monoisotopic (exact) mass is 402 g/mol. The average molecular weight is 403 g/mol. The van der Waals surface area contributed by atoms with E-state index in [0.29, 0.717) is 24.1 Å². The number of amides is 1. The van der Waals surface area contributed by atoms with E-state index in [1.807, 2.05) is 18.2 Å². The predicted octanol–water partition coefficient (Wildman–Crippen LogP) is 4.63. The highest BCUT2D eigenvalue weighted by Gasteiger charge is 2.25. The number of benzene rings is 2. The highest BCUT2D eigenvalue weighted by atomic mass is 16.1. The van der Waals surface area contributed by atoms with Crippen LogP contribution in [0.1, 0.15) is 55.1 Å². The van der Waals surface area contributed by atoms with Crippen LogP contribution in [0.25, 0.3) is 22.4 Å². The van der Waals surface area contributed by atoms with Gasteiger partial charge in [-0.2, -0.15) is 0 Å². The molecule has 1 unspecified atom stereocenters. The number of hydrogen-bond acceptors (Lipinski definition) is 3. The minimum atomic E-state index is -0.0108. The first-order chi connectivity index (χ1) is 14.6. The van der Waals surface area contributed by atoms with Crippen molar-refractivity contribution < 1.29 is 4.79 Å². The first-order valence-corrected chi connectivity index (χ1v) is 11.2. The molecule has 5 rings (SSSR count). The highest BCUT2D eigenvalue weighted by Crippen LogP contribution is 2.33. The van der Waals surface area contributed by atoms with Gasteiger partial charge in [0.25, 0.3) is 5.91 Å². The quantitative estimate of drug-likeness (QED) is 0.677. The second-order valence-electron chi connectivity index (χ2n) is 9.03. The molecule has 2 aliphatic heterocycles. The molecule has 5 nitrogen and oxygen atoms in total. The summed E-state index contributed by atoms with van der Waals surface area (Å²) < 4.78 is 2.20. The number of likely N-dealkylation sites (tertiary alicyclic amines) is 1. The molecule has 1 aromatic heterocycles. The van der Waals surface area contributed by atoms with Crippen molar-refractivity contribution in [1.82, 2.24) is 19.8 Å². The zero-order valence-electron chi connectivity index (χ0n) is 17.9. The minimum Gasteiger partial charge on any atom is -0.350 e. The lowest BCUT2D eigenvalue weighted by atomic mass is 9.95. The first-order valence-electron chi connectivity index (χ1n) is 11.2. The lowest BCUT2D eigenvalue weighted by Crippen LogP contribution is -2.26. The highest BCUT2D eigenvalue weighted by molar-refractivity contribution is 6.06. The van der Waals surface area contributed by atoms with Gasteiger partial charge in [-0.05, 0) is 56.0 Å². The van der Waals surface area contributed by atoms with E-state index in [4.69, 9.17) is 4.98 Å². The van der Waals surface area contributed by atoms with Gasteiger partial charge in [0.1, 0.15) is 5.82 Å². The second kappa shape index (κ2) is 7.88. The Morgan fingerprint density at radius 1 is 1.03 bits per heavy atom. The summed E-state index contributed by atoms with van der Waals surface area (Å²) in [5, 5.41) is 3.00. The van der Waals surface area contributed by atoms with E-state index in [0.717, 1.165) is 29.0 Å². The van der Waals surface area contributed by atoms with Crippen molar-refractivity contribution in [3.8, 4) is 11.4 Å². The SMILES string of the molecule is CC(C)CC(c1ccc(-c2nc3cccc4c3n2CCNC4=O)cc1)N1CCCC1. The van der Waals surface area contributed by atoms with Crippen molar-refractivity contribution in [1.29, 1.82) is 0 Å². The molecular weight excluding hydrogens is 372 g/mol. The molecule has 0 spiro atoms. The van der Waals surface area contributed by atoms with E-state index in [1.54, 1.807) is 0 Å². The van der Waals surface area contributed by atoms with Crippen LogP contribution in [0.2, 0.25) is 0 Å². The largest absolute Gasteiger partial charge is 0.350 e. The predicted molar refractivity (Wildman–Crippen MR) is 121 cm³/mol. The Balaban J connectivity index is 1.52. The van der Waals surface area contributed by atoms with Crippen LogP contribution in [-0.4, -0.2) is 40.0 Å². The van der Waals surface area contributed by atoms with Gasteiger partial charge in [0.05, 0.1) is 16.6 Å². The Hall–Kier alpha value is -2.66. The summed E-state index contributed by atoms with van der Waals surface area (Å²) in [6.45, 7) is 8.40. The number of carbonyl (C=O) groups is 1. The van der Waals surface area contributed by atoms with Crippen LogP contribution in [0.4, 0.5) is 0 Å². The summed E-state index contributed by atoms with van der Waals surface area (Å²) in [5.74, 6) is 1.61. The van der Waals surface area contributed by atoms with Crippen LogP contribution < -0.4 is 5.32 Å². The maximum absolute atomic E-state index is 12.4. The lowest BCUT2D eigenvalue weighted by Gasteiger charge is -2.29. The molecule has 0 bridgehead atoms. The molecule has 1 saturated heterocycles. The van der Waals surface area contributed by atoms with Gasteiger partial charge in [0.2, 0.25) is 0 Å². The first kappa shape index (κ1) is 19.3. The van der Waals surface area contributed by atoms with Crippen LogP contribution in [0.15, 0.2) is 42.5 Å². The molecule has 1 amide bonds. The molecule has 30 heavy (non-hydrogen) atoms. The molecule has 0 aliphatic carbocycles. The summed E-state index contributed by atoms with van der Waals surface area (Å²) in [6.07, 6.45) is 3.81. The van der Waals surface area contributed by atoms with Gasteiger partial charge in [0.15, 0.2) is 0 Å². The molecule has 1 N–H and O–H groups in total. The van der Waals surface area contributed by atoms with Gasteiger partial charge < -0.3 is 9.88 Å². The third kappa shape index (κ3) is 3.41. The van der Waals surface area contributed by atoms with Gasteiger partial charge in [-0.3, -0.25) is 9.69 Å². The Kier molecular flexibility index (Phi) is 5.07. The van der Waals surface area contributed by atoms with E-state index in [1.165, 1.54) is 37.9 Å². The van der Waals surface area contributed by atoms with Crippen LogP contribution in [0.3, 0.4) is 0 Å². The van der Waals surface area contributed by atoms with E-state index < -0.39 is 0 Å². The second-order valence-corrected chi connectivity index (χ2v) is 9.03. The minimum absolute atomic E-state index is 0.0108. The zero-order valence-corrected chi connectivity index (χ0v) is 17.9. The standard InChI is InChI=1S/C25H30N4O/c1-17(2)16-22(28-13-3-4-14-28)18-8-10-19(11-9-18)24-27-21-7-5-6-20-23(21)29(24)15-12-26-25(20)30/h5-11,17,22H,3-4,12-16H2,1-2H3,(H,26,30). The van der Waals surface area contributed by atoms with Gasteiger partial charge in [-0.25, -0.2) is 4.98 Å². The van der Waals surface area contributed by atoms with E-state index >= 15 is 0 Å². The van der Waals surface area contributed by atoms with Crippen LogP contribution >= 0.6 is 0 Å². The summed E-state index contributed by atoms with van der Waals surface area (Å²) in [4.78, 5) is 20.0. The Morgan fingerprint density at radius 3 is 2.53 bits per heavy atom. The molecule has 0 radical (unpaired) electrons. The maximum atomic E-state index is 12.4. The molecule has 0 saturated carbocycles. The molecule has 5 heteroatoms. The maximum Gasteiger partial charge on any atom is 0.253 e. The fourth-order valence-corrected chi connectivity index (χ4v) is 5.03. The number of rotatable bonds is 5. The van der Waals surface area contributed by atoms with E-state index in [-0.39, 0.29) is 5.91 Å². The Morgan fingerprint density at radius 2 is 1.80 bits per heavy atom. The summed E-state index contributed by atoms with van der Waals surface area (Å²) in [5.41, 5.74) is 5.06. The smallest absolute Gasteiger partial charge is 0.253 e. The molecule has 2 aliphatic rings. The number of nitrogens with zero attached hydrogens (tertiary/aromatic N) is 3. The number of carbonyl (C=O) groups excluding carboxylic acids is 1. The molecule has 1 atom stereocenters. The van der Waals surface area contributed by atoms with E-state index in [9.17, 15) is 4.79 Å². The van der Waals surface area contributed by atoms with E-state index in [2.05, 4.69) is 52.9 Å². The third-order valence-corrected chi connectivity index (χ3v) is 6.46. The molecule has 3 heterocycles. The number of aromatic nitrogens is 2. The summed E-state index contributed by atoms with van der Waals surface area (Å²) >= 11 is 0. The lowest BCUT2D eigenvalue weighted by molar-refractivity contribution is 0.0956. The van der Waals surface area contributed by atoms with Crippen molar-refractivity contribution in [2.45, 2.75) is 45.7 Å². The number of para-hydroxylation sites is 1. The van der Waals surface area contributed by atoms with Crippen LogP contribution in [0, 0.1) is 5.92 Å². The third-order valence-electron chi connectivity index (χ3n) is 6.46. The van der Waals surface area contributed by atoms with Gasteiger partial charge in [-0.15, -0.1) is 0 Å². The van der Waals surface area contributed by atoms with Crippen LogP contribution in [0.5, 0.6) is 0 Å². The Bertz CT molecular complexity index is 1060. The zero-order chi connectivity index (χ0) is 20.7. The molecule has 1 fully saturated rings. The molecule has 156 valence electrons.